The van der Waals surface area contributed by atoms with E-state index in [4.69, 9.17) is 9.57 Å². The van der Waals surface area contributed by atoms with Crippen molar-refractivity contribution in [3.63, 3.8) is 0 Å². The first-order chi connectivity index (χ1) is 11.3. The average Bonchev–Trinajstić information content (AvgIpc) is 2.93. The topological polar surface area (TPSA) is 42.0 Å². The monoisotopic (exact) mass is 332 g/mol. The molecule has 0 aliphatic carbocycles. The quantitative estimate of drug-likeness (QED) is 0.793. The Hall–Kier alpha value is -1.59. The predicted molar refractivity (Wildman–Crippen MR) is 92.3 cm³/mol. The minimum atomic E-state index is -0.610. The van der Waals surface area contributed by atoms with Gasteiger partial charge < -0.3 is 9.57 Å². The van der Waals surface area contributed by atoms with Gasteiger partial charge in [0.15, 0.2) is 0 Å². The van der Waals surface area contributed by atoms with Crippen LogP contribution in [0.5, 0.6) is 0 Å². The lowest BCUT2D eigenvalue weighted by Crippen LogP contribution is -2.37. The molecule has 0 bridgehead atoms. The van der Waals surface area contributed by atoms with Crippen LogP contribution in [0.1, 0.15) is 39.7 Å². The zero-order chi connectivity index (χ0) is 17.4. The third kappa shape index (κ3) is 3.90. The Labute approximate surface area is 144 Å². The van der Waals surface area contributed by atoms with Crippen LogP contribution in [-0.4, -0.2) is 47.4 Å². The second-order valence-corrected chi connectivity index (χ2v) is 8.25. The van der Waals surface area contributed by atoms with Crippen LogP contribution >= 0.6 is 0 Å². The van der Waals surface area contributed by atoms with Crippen LogP contribution in [0.25, 0.3) is 0 Å². The van der Waals surface area contributed by atoms with Crippen LogP contribution in [0.4, 0.5) is 4.79 Å². The molecule has 2 atom stereocenters. The Kier molecular flexibility index (Phi) is 4.58. The van der Waals surface area contributed by atoms with E-state index in [2.05, 4.69) is 36.1 Å². The first kappa shape index (κ1) is 17.2. The minimum Gasteiger partial charge on any atom is -0.427 e. The average molecular weight is 332 g/mol. The molecule has 1 aromatic carbocycles. The number of carbonyl (C=O) groups is 1. The fraction of sp³-hybridized carbons (Fsp3) is 0.632. The number of nitrogens with zero attached hydrogens (tertiary/aromatic N) is 2. The molecule has 2 fully saturated rings. The van der Waals surface area contributed by atoms with Crippen LogP contribution < -0.4 is 0 Å². The molecule has 2 aliphatic heterocycles. The normalized spacial score (nSPS) is 27.9. The summed E-state index contributed by atoms with van der Waals surface area (Å²) in [7, 11) is 0. The molecule has 132 valence electrons. The van der Waals surface area contributed by atoms with Crippen molar-refractivity contribution < 1.29 is 14.4 Å². The van der Waals surface area contributed by atoms with Gasteiger partial charge in [-0.3, -0.25) is 4.90 Å². The van der Waals surface area contributed by atoms with Gasteiger partial charge in [0.1, 0.15) is 5.60 Å². The van der Waals surface area contributed by atoms with Gasteiger partial charge in [-0.05, 0) is 39.3 Å². The van der Waals surface area contributed by atoms with E-state index in [1.807, 2.05) is 26.8 Å². The highest BCUT2D eigenvalue weighted by atomic mass is 16.8. The van der Waals surface area contributed by atoms with Crippen molar-refractivity contribution in [2.24, 2.45) is 5.41 Å². The SMILES string of the molecule is CC(C)(C)OC(=O)ON1CC2N(Cc3ccccc3)CCC2(C)C1. The van der Waals surface area contributed by atoms with Crippen molar-refractivity contribution >= 4 is 6.16 Å². The second-order valence-electron chi connectivity index (χ2n) is 8.25. The summed E-state index contributed by atoms with van der Waals surface area (Å²) in [6, 6.07) is 10.9. The Balaban J connectivity index is 1.60. The molecule has 2 aliphatic rings. The highest BCUT2D eigenvalue weighted by molar-refractivity contribution is 5.60. The molecule has 1 aromatic rings. The molecule has 0 spiro atoms. The summed E-state index contributed by atoms with van der Waals surface area (Å²) in [4.78, 5) is 19.9. The first-order valence-electron chi connectivity index (χ1n) is 8.69. The maximum absolute atomic E-state index is 11.9. The van der Waals surface area contributed by atoms with Gasteiger partial charge >= 0.3 is 6.16 Å². The van der Waals surface area contributed by atoms with Crippen molar-refractivity contribution in [1.29, 1.82) is 0 Å². The van der Waals surface area contributed by atoms with E-state index in [0.29, 0.717) is 6.04 Å². The number of hydrogen-bond donors (Lipinski definition) is 0. The predicted octanol–water partition coefficient (Wildman–Crippen LogP) is 3.45. The number of carbonyl (C=O) groups excluding carboxylic acids is 1. The van der Waals surface area contributed by atoms with Crippen molar-refractivity contribution in [2.45, 2.75) is 52.3 Å². The fourth-order valence-corrected chi connectivity index (χ4v) is 3.79. The molecule has 2 heterocycles. The summed E-state index contributed by atoms with van der Waals surface area (Å²) in [5, 5.41) is 1.77. The number of likely N-dealkylation sites (tertiary alicyclic amines) is 1. The Morgan fingerprint density at radius 2 is 2.00 bits per heavy atom. The lowest BCUT2D eigenvalue weighted by molar-refractivity contribution is -0.136. The van der Waals surface area contributed by atoms with E-state index < -0.39 is 11.8 Å². The van der Waals surface area contributed by atoms with Crippen LogP contribution in [-0.2, 0) is 16.1 Å². The molecule has 0 amide bonds. The van der Waals surface area contributed by atoms with Crippen LogP contribution in [0, 0.1) is 5.41 Å². The van der Waals surface area contributed by atoms with Gasteiger partial charge in [0.25, 0.3) is 0 Å². The molecular weight excluding hydrogens is 304 g/mol. The van der Waals surface area contributed by atoms with Gasteiger partial charge in [0.2, 0.25) is 0 Å². The van der Waals surface area contributed by atoms with Crippen LogP contribution in [0.2, 0.25) is 0 Å². The Bertz CT molecular complexity index is 584. The molecule has 5 nitrogen and oxygen atoms in total. The highest BCUT2D eigenvalue weighted by Gasteiger charge is 2.51. The van der Waals surface area contributed by atoms with E-state index in [9.17, 15) is 4.79 Å². The number of fused-ring (bicyclic) bond motifs is 1. The molecule has 5 heteroatoms. The molecule has 0 radical (unpaired) electrons. The van der Waals surface area contributed by atoms with E-state index in [-0.39, 0.29) is 5.41 Å². The summed E-state index contributed by atoms with van der Waals surface area (Å²) in [5.74, 6) is 0. The summed E-state index contributed by atoms with van der Waals surface area (Å²) >= 11 is 0. The zero-order valence-corrected chi connectivity index (χ0v) is 15.1. The van der Waals surface area contributed by atoms with Crippen LogP contribution in [0.3, 0.4) is 0 Å². The molecule has 0 saturated carbocycles. The van der Waals surface area contributed by atoms with Gasteiger partial charge in [-0.25, -0.2) is 4.79 Å². The van der Waals surface area contributed by atoms with Gasteiger partial charge in [0.05, 0.1) is 6.54 Å². The molecule has 24 heavy (non-hydrogen) atoms. The van der Waals surface area contributed by atoms with Gasteiger partial charge in [-0.15, -0.1) is 5.06 Å². The van der Waals surface area contributed by atoms with Crippen molar-refractivity contribution in [3.05, 3.63) is 35.9 Å². The van der Waals surface area contributed by atoms with Gasteiger partial charge in [-0.2, -0.15) is 0 Å². The van der Waals surface area contributed by atoms with Crippen molar-refractivity contribution in [2.75, 3.05) is 19.6 Å². The fourth-order valence-electron chi connectivity index (χ4n) is 3.79. The molecule has 0 N–H and O–H groups in total. The lowest BCUT2D eigenvalue weighted by atomic mass is 9.85. The number of ether oxygens (including phenoxy) is 1. The smallest absolute Gasteiger partial charge is 0.427 e. The largest absolute Gasteiger partial charge is 0.528 e. The third-order valence-electron chi connectivity index (χ3n) is 4.95. The maximum atomic E-state index is 11.9. The standard InChI is InChI=1S/C19H28N2O3/c1-18(2,3)23-17(22)24-21-13-16-19(4,14-21)10-11-20(16)12-15-8-6-5-7-9-15/h5-9,16H,10-14H2,1-4H3. The highest BCUT2D eigenvalue weighted by Crippen LogP contribution is 2.43. The minimum absolute atomic E-state index is 0.163. The van der Waals surface area contributed by atoms with E-state index in [1.54, 1.807) is 5.06 Å². The molecule has 3 rings (SSSR count). The number of rotatable bonds is 3. The van der Waals surface area contributed by atoms with Crippen molar-refractivity contribution in [3.8, 4) is 0 Å². The molecular formula is C19H28N2O3. The molecule has 2 unspecified atom stereocenters. The second kappa shape index (κ2) is 6.37. The summed E-state index contributed by atoms with van der Waals surface area (Å²) in [5.41, 5.74) is 0.959. The van der Waals surface area contributed by atoms with E-state index in [1.165, 1.54) is 5.56 Å². The zero-order valence-electron chi connectivity index (χ0n) is 15.1. The van der Waals surface area contributed by atoms with Crippen LogP contribution in [0.15, 0.2) is 30.3 Å². The Morgan fingerprint density at radius 3 is 2.67 bits per heavy atom. The number of hydroxylamine groups is 2. The van der Waals surface area contributed by atoms with Gasteiger partial charge in [0, 0.05) is 24.5 Å². The van der Waals surface area contributed by atoms with E-state index in [0.717, 1.165) is 32.6 Å². The number of hydrogen-bond acceptors (Lipinski definition) is 5. The summed E-state index contributed by atoms with van der Waals surface area (Å²) < 4.78 is 5.26. The summed E-state index contributed by atoms with van der Waals surface area (Å²) in [6.45, 7) is 11.4. The maximum Gasteiger partial charge on any atom is 0.528 e. The lowest BCUT2D eigenvalue weighted by Gasteiger charge is -2.27. The first-order valence-corrected chi connectivity index (χ1v) is 8.69. The third-order valence-corrected chi connectivity index (χ3v) is 4.95. The van der Waals surface area contributed by atoms with Gasteiger partial charge in [-0.1, -0.05) is 37.3 Å². The Morgan fingerprint density at radius 1 is 1.29 bits per heavy atom. The molecule has 2 saturated heterocycles. The van der Waals surface area contributed by atoms with Crippen molar-refractivity contribution in [1.82, 2.24) is 9.96 Å². The molecule has 0 aromatic heterocycles. The summed E-state index contributed by atoms with van der Waals surface area (Å²) in [6.07, 6.45) is 0.513. The van der Waals surface area contributed by atoms with E-state index >= 15 is 0 Å². The number of benzene rings is 1.